The van der Waals surface area contributed by atoms with Crippen LogP contribution in [0.15, 0.2) is 102 Å². The highest BCUT2D eigenvalue weighted by atomic mass is 79.9. The number of ketones is 1. The molecule has 3 aromatic carbocycles. The Bertz CT molecular complexity index is 1800. The van der Waals surface area contributed by atoms with Gasteiger partial charge in [0.05, 0.1) is 30.3 Å². The van der Waals surface area contributed by atoms with Crippen LogP contribution in [0.5, 0.6) is 0 Å². The molecule has 57 heavy (non-hydrogen) atoms. The lowest BCUT2D eigenvalue weighted by molar-refractivity contribution is -0.320. The summed E-state index contributed by atoms with van der Waals surface area (Å²) in [6.07, 6.45) is -6.54. The molecule has 15 heteroatoms. The average Bonchev–Trinajstić information content (AvgIpc) is 3.60. The van der Waals surface area contributed by atoms with Crippen molar-refractivity contribution in [3.05, 3.63) is 118 Å². The quantitative estimate of drug-likeness (QED) is 0.175. The van der Waals surface area contributed by atoms with E-state index in [4.69, 9.17) is 37.9 Å². The number of benzene rings is 3. The van der Waals surface area contributed by atoms with Gasteiger partial charge < -0.3 is 48.1 Å². The van der Waals surface area contributed by atoms with E-state index >= 15 is 0 Å². The minimum atomic E-state index is -2.07. The molecule has 0 radical (unpaired) electrons. The lowest BCUT2D eigenvalue weighted by Gasteiger charge is -2.45. The summed E-state index contributed by atoms with van der Waals surface area (Å²) in [5, 5.41) is 22.1. The maximum atomic E-state index is 13.9. The number of amides is 2. The Morgan fingerprint density at radius 3 is 2.05 bits per heavy atom. The number of rotatable bonds is 18. The zero-order valence-corrected chi connectivity index (χ0v) is 33.3. The van der Waals surface area contributed by atoms with Crippen LogP contribution in [0, 0.1) is 0 Å². The second-order valence-corrected chi connectivity index (χ2v) is 14.8. The molecule has 9 atom stereocenters. The number of hydrogen-bond acceptors (Lipinski definition) is 13. The van der Waals surface area contributed by atoms with E-state index in [0.29, 0.717) is 6.42 Å². The number of cyclic esters (lactones) is 1. The maximum absolute atomic E-state index is 13.9. The first-order valence-corrected chi connectivity index (χ1v) is 19.5. The van der Waals surface area contributed by atoms with E-state index in [2.05, 4.69) is 15.9 Å². The Kier molecular flexibility index (Phi) is 15.1. The van der Waals surface area contributed by atoms with Crippen LogP contribution < -0.4 is 0 Å². The summed E-state index contributed by atoms with van der Waals surface area (Å²) in [7, 11) is 2.69. The summed E-state index contributed by atoms with van der Waals surface area (Å²) in [6, 6.07) is 27.8. The van der Waals surface area contributed by atoms with Crippen LogP contribution in [0.1, 0.15) is 29.5 Å². The first-order chi connectivity index (χ1) is 27.6. The number of aliphatic hydroxyl groups is 2. The molecule has 3 aliphatic rings. The number of carbonyl (C=O) groups is 3. The molecule has 3 aromatic rings. The van der Waals surface area contributed by atoms with Crippen molar-refractivity contribution < 1.29 is 62.5 Å². The van der Waals surface area contributed by atoms with E-state index in [9.17, 15) is 24.6 Å². The van der Waals surface area contributed by atoms with Crippen LogP contribution in [0.3, 0.4) is 0 Å². The summed E-state index contributed by atoms with van der Waals surface area (Å²) in [4.78, 5) is 40.9. The second kappa shape index (κ2) is 20.2. The molecule has 9 unspecified atom stereocenters. The van der Waals surface area contributed by atoms with Crippen molar-refractivity contribution in [2.45, 2.75) is 87.2 Å². The SMILES string of the molecule is COC1OC(CO)C(OCc2ccccc2)C(OCc2ccccc2)C1OCCCC1(O)OC(C(OC)C(=O)N2C(=O)OCC2Cc2ccccc2)C(=O)C=C1Br. The van der Waals surface area contributed by atoms with E-state index < -0.39 is 72.5 Å². The minimum Gasteiger partial charge on any atom is -0.447 e. The average molecular weight is 855 g/mol. The molecule has 306 valence electrons. The Balaban J connectivity index is 1.13. The van der Waals surface area contributed by atoms with Gasteiger partial charge in [0.25, 0.3) is 5.91 Å². The van der Waals surface area contributed by atoms with Crippen LogP contribution in [0.25, 0.3) is 0 Å². The molecule has 0 aromatic heterocycles. The van der Waals surface area contributed by atoms with Crippen molar-refractivity contribution in [1.82, 2.24) is 4.90 Å². The number of methoxy groups -OCH3 is 2. The maximum Gasteiger partial charge on any atom is 0.417 e. The molecule has 0 bridgehead atoms. The van der Waals surface area contributed by atoms with Gasteiger partial charge in [0, 0.05) is 27.2 Å². The number of carbonyl (C=O) groups excluding carboxylic acids is 3. The van der Waals surface area contributed by atoms with Crippen LogP contribution in [0.2, 0.25) is 0 Å². The molecule has 2 saturated heterocycles. The third-order valence-electron chi connectivity index (χ3n) is 10.1. The van der Waals surface area contributed by atoms with E-state index in [1.165, 1.54) is 14.2 Å². The predicted octanol–water partition coefficient (Wildman–Crippen LogP) is 4.23. The Morgan fingerprint density at radius 1 is 0.877 bits per heavy atom. The number of aliphatic hydroxyl groups excluding tert-OH is 1. The Morgan fingerprint density at radius 2 is 1.47 bits per heavy atom. The van der Waals surface area contributed by atoms with Gasteiger partial charge in [0.1, 0.15) is 31.0 Å². The molecular formula is C42H48BrNO13. The molecule has 0 saturated carbocycles. The lowest BCUT2D eigenvalue weighted by atomic mass is 9.97. The third kappa shape index (κ3) is 10.4. The van der Waals surface area contributed by atoms with Crippen LogP contribution in [-0.4, -0.2) is 122 Å². The van der Waals surface area contributed by atoms with Crippen molar-refractivity contribution in [2.75, 3.05) is 34.0 Å². The van der Waals surface area contributed by atoms with Gasteiger partial charge in [0.15, 0.2) is 30.1 Å². The number of halogens is 1. The number of imide groups is 1. The molecule has 14 nitrogen and oxygen atoms in total. The van der Waals surface area contributed by atoms with Gasteiger partial charge >= 0.3 is 6.09 Å². The Labute approximate surface area is 339 Å². The van der Waals surface area contributed by atoms with E-state index in [1.54, 1.807) is 0 Å². The molecule has 0 spiro atoms. The lowest BCUT2D eigenvalue weighted by Crippen LogP contribution is -2.61. The van der Waals surface area contributed by atoms with Crippen LogP contribution in [0.4, 0.5) is 4.79 Å². The molecule has 3 aliphatic heterocycles. The molecule has 3 heterocycles. The zero-order valence-electron chi connectivity index (χ0n) is 31.7. The number of nitrogens with zero attached hydrogens (tertiary/aromatic N) is 1. The zero-order chi connectivity index (χ0) is 40.4. The fraction of sp³-hybridized carbons (Fsp3) is 0.452. The fourth-order valence-corrected chi connectivity index (χ4v) is 7.66. The van der Waals surface area contributed by atoms with E-state index in [-0.39, 0.29) is 50.4 Å². The third-order valence-corrected chi connectivity index (χ3v) is 10.9. The largest absolute Gasteiger partial charge is 0.447 e. The van der Waals surface area contributed by atoms with Crippen molar-refractivity contribution in [2.24, 2.45) is 0 Å². The van der Waals surface area contributed by atoms with Gasteiger partial charge in [-0.2, -0.15) is 0 Å². The normalized spacial score (nSPS) is 28.2. The van der Waals surface area contributed by atoms with Gasteiger partial charge in [0.2, 0.25) is 0 Å². The molecule has 2 N–H and O–H groups in total. The number of hydrogen-bond donors (Lipinski definition) is 2. The van der Waals surface area contributed by atoms with Gasteiger partial charge in [-0.15, -0.1) is 0 Å². The molecule has 2 fully saturated rings. The summed E-state index contributed by atoms with van der Waals surface area (Å²) < 4.78 is 47.8. The summed E-state index contributed by atoms with van der Waals surface area (Å²) >= 11 is 3.28. The topological polar surface area (TPSA) is 169 Å². The fourth-order valence-electron chi connectivity index (χ4n) is 7.14. The van der Waals surface area contributed by atoms with Crippen molar-refractivity contribution in [3.63, 3.8) is 0 Å². The van der Waals surface area contributed by atoms with E-state index in [1.807, 2.05) is 91.0 Å². The molecular weight excluding hydrogens is 806 g/mol. The van der Waals surface area contributed by atoms with Gasteiger partial charge in [-0.3, -0.25) is 9.59 Å². The first kappa shape index (κ1) is 42.7. The summed E-state index contributed by atoms with van der Waals surface area (Å²) in [5.74, 6) is -3.54. The van der Waals surface area contributed by atoms with Crippen molar-refractivity contribution in [3.8, 4) is 0 Å². The molecule has 6 rings (SSSR count). The van der Waals surface area contributed by atoms with Crippen LogP contribution >= 0.6 is 15.9 Å². The van der Waals surface area contributed by atoms with Gasteiger partial charge in [-0.25, -0.2) is 9.69 Å². The highest BCUT2D eigenvalue weighted by molar-refractivity contribution is 9.11. The van der Waals surface area contributed by atoms with Crippen molar-refractivity contribution in [1.29, 1.82) is 0 Å². The first-order valence-electron chi connectivity index (χ1n) is 18.8. The smallest absolute Gasteiger partial charge is 0.417 e. The highest BCUT2D eigenvalue weighted by Crippen LogP contribution is 2.37. The summed E-state index contributed by atoms with van der Waals surface area (Å²) in [6.45, 7) is 0.0851. The van der Waals surface area contributed by atoms with Gasteiger partial charge in [-0.05, 0) is 51.5 Å². The minimum absolute atomic E-state index is 0.0283. The predicted molar refractivity (Wildman–Crippen MR) is 207 cm³/mol. The Hall–Kier alpha value is -3.87. The summed E-state index contributed by atoms with van der Waals surface area (Å²) in [5.41, 5.74) is 2.72. The standard InChI is InChI=1S/C42H48BrNO13/c1-50-37(39(47)44-30(26-55-41(44)48)21-27-13-6-3-7-14-27)34-31(46)22-33(43)42(49,57-34)19-12-20-52-38-36(54-25-29-17-10-5-11-18-29)35(32(23-45)56-40(38)51-2)53-24-28-15-8-4-9-16-28/h3-11,13-18,22,30,32,34-38,40,45,49H,12,19-21,23-26H2,1-2H3. The molecule has 0 aliphatic carbocycles. The highest BCUT2D eigenvalue weighted by Gasteiger charge is 2.51. The number of ether oxygens (including phenoxy) is 8. The van der Waals surface area contributed by atoms with Crippen molar-refractivity contribution >= 4 is 33.7 Å². The van der Waals surface area contributed by atoms with E-state index in [0.717, 1.165) is 27.7 Å². The molecule has 2 amide bonds. The van der Waals surface area contributed by atoms with Crippen LogP contribution in [-0.2, 0) is 67.1 Å². The monoisotopic (exact) mass is 853 g/mol. The second-order valence-electron chi connectivity index (χ2n) is 13.9. The van der Waals surface area contributed by atoms with Gasteiger partial charge in [-0.1, -0.05) is 91.0 Å².